The van der Waals surface area contributed by atoms with Gasteiger partial charge in [-0.25, -0.2) is 4.98 Å². The molecule has 0 saturated carbocycles. The van der Waals surface area contributed by atoms with Crippen LogP contribution < -0.4 is 0 Å². The summed E-state index contributed by atoms with van der Waals surface area (Å²) >= 11 is 0. The first-order chi connectivity index (χ1) is 6.11. The molecule has 0 aromatic carbocycles. The average molecular weight is 182 g/mol. The van der Waals surface area contributed by atoms with Gasteiger partial charge in [-0.3, -0.25) is 0 Å². The molecule has 0 saturated heterocycles. The molecule has 0 spiro atoms. The van der Waals surface area contributed by atoms with Crippen molar-refractivity contribution < 1.29 is 4.74 Å². The molecule has 0 N–H and O–H groups in total. The van der Waals surface area contributed by atoms with E-state index in [0.29, 0.717) is 6.10 Å². The van der Waals surface area contributed by atoms with Crippen LogP contribution in [0, 0.1) is 13.8 Å². The molecule has 13 heavy (non-hydrogen) atoms. The van der Waals surface area contributed by atoms with Crippen LogP contribution in [0.4, 0.5) is 0 Å². The first-order valence-electron chi connectivity index (χ1n) is 4.71. The quantitative estimate of drug-likeness (QED) is 0.711. The van der Waals surface area contributed by atoms with Crippen molar-refractivity contribution in [1.82, 2.24) is 9.55 Å². The van der Waals surface area contributed by atoms with Gasteiger partial charge in [-0.15, -0.1) is 0 Å². The van der Waals surface area contributed by atoms with Crippen LogP contribution in [0.3, 0.4) is 0 Å². The van der Waals surface area contributed by atoms with Gasteiger partial charge in [0.1, 0.15) is 0 Å². The number of aromatic nitrogens is 2. The Morgan fingerprint density at radius 3 is 2.62 bits per heavy atom. The molecule has 1 rings (SSSR count). The van der Waals surface area contributed by atoms with Gasteiger partial charge in [0.2, 0.25) is 0 Å². The highest BCUT2D eigenvalue weighted by molar-refractivity contribution is 5.08. The first kappa shape index (κ1) is 10.3. The number of hydrogen-bond donors (Lipinski definition) is 0. The molecule has 0 atom stereocenters. The van der Waals surface area contributed by atoms with Crippen LogP contribution in [0.2, 0.25) is 0 Å². The lowest BCUT2D eigenvalue weighted by Gasteiger charge is -2.08. The molecule has 1 aromatic heterocycles. The maximum atomic E-state index is 5.46. The molecule has 3 heteroatoms. The van der Waals surface area contributed by atoms with Crippen LogP contribution in [0.25, 0.3) is 0 Å². The number of nitrogens with zero attached hydrogens (tertiary/aromatic N) is 2. The van der Waals surface area contributed by atoms with E-state index in [1.165, 1.54) is 5.69 Å². The highest BCUT2D eigenvalue weighted by Gasteiger charge is 2.01. The SMILES string of the molecule is Cc1ncn(CCOC(C)C)c1C. The minimum Gasteiger partial charge on any atom is -0.377 e. The third-order valence-corrected chi connectivity index (χ3v) is 2.13. The Hall–Kier alpha value is -0.830. The summed E-state index contributed by atoms with van der Waals surface area (Å²) in [5.74, 6) is 0. The Morgan fingerprint density at radius 1 is 1.46 bits per heavy atom. The van der Waals surface area contributed by atoms with E-state index in [-0.39, 0.29) is 0 Å². The van der Waals surface area contributed by atoms with E-state index in [1.807, 2.05) is 27.1 Å². The molecule has 0 aliphatic heterocycles. The summed E-state index contributed by atoms with van der Waals surface area (Å²) in [6, 6.07) is 0. The van der Waals surface area contributed by atoms with E-state index in [4.69, 9.17) is 4.74 Å². The zero-order chi connectivity index (χ0) is 9.84. The molecule has 74 valence electrons. The number of rotatable bonds is 4. The summed E-state index contributed by atoms with van der Waals surface area (Å²) in [4.78, 5) is 4.22. The largest absolute Gasteiger partial charge is 0.377 e. The van der Waals surface area contributed by atoms with Gasteiger partial charge in [-0.1, -0.05) is 0 Å². The van der Waals surface area contributed by atoms with Crippen molar-refractivity contribution in [3.63, 3.8) is 0 Å². The number of ether oxygens (including phenoxy) is 1. The second-order valence-electron chi connectivity index (χ2n) is 3.53. The smallest absolute Gasteiger partial charge is 0.0952 e. The van der Waals surface area contributed by atoms with Crippen LogP contribution >= 0.6 is 0 Å². The Labute approximate surface area is 79.7 Å². The van der Waals surface area contributed by atoms with Crippen LogP contribution in [0.15, 0.2) is 6.33 Å². The van der Waals surface area contributed by atoms with Gasteiger partial charge >= 0.3 is 0 Å². The Morgan fingerprint density at radius 2 is 2.15 bits per heavy atom. The van der Waals surface area contributed by atoms with E-state index in [2.05, 4.69) is 16.5 Å². The van der Waals surface area contributed by atoms with E-state index in [1.54, 1.807) is 0 Å². The second-order valence-corrected chi connectivity index (χ2v) is 3.53. The number of imidazole rings is 1. The van der Waals surface area contributed by atoms with E-state index in [0.717, 1.165) is 18.8 Å². The summed E-state index contributed by atoms with van der Waals surface area (Å²) in [5.41, 5.74) is 2.33. The molecular weight excluding hydrogens is 164 g/mol. The summed E-state index contributed by atoms with van der Waals surface area (Å²) in [5, 5.41) is 0. The summed E-state index contributed by atoms with van der Waals surface area (Å²) in [7, 11) is 0. The van der Waals surface area contributed by atoms with E-state index < -0.39 is 0 Å². The molecule has 0 aliphatic rings. The highest BCUT2D eigenvalue weighted by Crippen LogP contribution is 2.03. The lowest BCUT2D eigenvalue weighted by Crippen LogP contribution is -2.10. The average Bonchev–Trinajstić information content (AvgIpc) is 2.35. The van der Waals surface area contributed by atoms with Crippen molar-refractivity contribution >= 4 is 0 Å². The molecule has 3 nitrogen and oxygen atoms in total. The molecular formula is C10H18N2O. The van der Waals surface area contributed by atoms with Gasteiger partial charge in [0.15, 0.2) is 0 Å². The lowest BCUT2D eigenvalue weighted by atomic mass is 10.4. The van der Waals surface area contributed by atoms with Crippen molar-refractivity contribution in [1.29, 1.82) is 0 Å². The molecule has 0 fully saturated rings. The standard InChI is InChI=1S/C10H18N2O/c1-8(2)13-6-5-12-7-11-9(3)10(12)4/h7-8H,5-6H2,1-4H3. The van der Waals surface area contributed by atoms with Crippen LogP contribution in [-0.2, 0) is 11.3 Å². The fraction of sp³-hybridized carbons (Fsp3) is 0.700. The highest BCUT2D eigenvalue weighted by atomic mass is 16.5. The van der Waals surface area contributed by atoms with Crippen molar-refractivity contribution in [2.24, 2.45) is 0 Å². The van der Waals surface area contributed by atoms with Gasteiger partial charge in [-0.05, 0) is 27.7 Å². The third kappa shape index (κ3) is 2.84. The van der Waals surface area contributed by atoms with Crippen LogP contribution in [-0.4, -0.2) is 22.3 Å². The zero-order valence-corrected chi connectivity index (χ0v) is 8.87. The predicted octanol–water partition coefficient (Wildman–Crippen LogP) is 1.92. The first-order valence-corrected chi connectivity index (χ1v) is 4.71. The molecule has 0 unspecified atom stereocenters. The number of hydrogen-bond acceptors (Lipinski definition) is 2. The molecule has 0 bridgehead atoms. The van der Waals surface area contributed by atoms with Crippen molar-refractivity contribution in [2.75, 3.05) is 6.61 Å². The molecule has 0 amide bonds. The van der Waals surface area contributed by atoms with Crippen molar-refractivity contribution in [3.8, 4) is 0 Å². The van der Waals surface area contributed by atoms with Gasteiger partial charge in [0.05, 0.1) is 24.7 Å². The minimum atomic E-state index is 0.310. The number of aryl methyl sites for hydroxylation is 1. The fourth-order valence-electron chi connectivity index (χ4n) is 1.16. The summed E-state index contributed by atoms with van der Waals surface area (Å²) < 4.78 is 7.58. The normalized spacial score (nSPS) is 11.2. The third-order valence-electron chi connectivity index (χ3n) is 2.13. The Bertz CT molecular complexity index is 266. The zero-order valence-electron chi connectivity index (χ0n) is 8.87. The lowest BCUT2D eigenvalue weighted by molar-refractivity contribution is 0.0724. The molecule has 0 aliphatic carbocycles. The summed E-state index contributed by atoms with van der Waals surface area (Å²) in [6.07, 6.45) is 2.18. The maximum Gasteiger partial charge on any atom is 0.0952 e. The van der Waals surface area contributed by atoms with Gasteiger partial charge < -0.3 is 9.30 Å². The van der Waals surface area contributed by atoms with Gasteiger partial charge in [0.25, 0.3) is 0 Å². The van der Waals surface area contributed by atoms with Gasteiger partial charge in [0, 0.05) is 12.2 Å². The monoisotopic (exact) mass is 182 g/mol. The topological polar surface area (TPSA) is 27.1 Å². The van der Waals surface area contributed by atoms with Crippen molar-refractivity contribution in [3.05, 3.63) is 17.7 Å². The van der Waals surface area contributed by atoms with E-state index in [9.17, 15) is 0 Å². The van der Waals surface area contributed by atoms with Gasteiger partial charge in [-0.2, -0.15) is 0 Å². The fourth-order valence-corrected chi connectivity index (χ4v) is 1.16. The second kappa shape index (κ2) is 4.42. The molecule has 1 aromatic rings. The molecule has 1 heterocycles. The predicted molar refractivity (Wildman–Crippen MR) is 52.8 cm³/mol. The molecule has 0 radical (unpaired) electrons. The Kier molecular flexibility index (Phi) is 3.48. The van der Waals surface area contributed by atoms with Crippen LogP contribution in [0.5, 0.6) is 0 Å². The van der Waals surface area contributed by atoms with Crippen LogP contribution in [0.1, 0.15) is 25.2 Å². The summed E-state index contributed by atoms with van der Waals surface area (Å²) in [6.45, 7) is 9.85. The van der Waals surface area contributed by atoms with E-state index >= 15 is 0 Å². The minimum absolute atomic E-state index is 0.310. The van der Waals surface area contributed by atoms with Crippen molar-refractivity contribution in [2.45, 2.75) is 40.3 Å². The Balaban J connectivity index is 2.41. The maximum absolute atomic E-state index is 5.46.